The minimum Gasteiger partial charge on any atom is -0.351 e. The van der Waals surface area contributed by atoms with E-state index in [2.05, 4.69) is 22.3 Å². The fourth-order valence-electron chi connectivity index (χ4n) is 3.09. The standard InChI is InChI=1S/C18H19N3O2/c19-18(23)20-17(22)16(14-7-2-1-3-8-14)21-11-10-13-6-4-5-9-15(13)12-21/h1-9,16H,10-12H2,(H3,19,20,22,23)/t16-/m0/s1. The van der Waals surface area contributed by atoms with Crippen LogP contribution in [0.25, 0.3) is 0 Å². The number of urea groups is 1. The van der Waals surface area contributed by atoms with E-state index in [-0.39, 0.29) is 5.91 Å². The van der Waals surface area contributed by atoms with Crippen molar-refractivity contribution in [3.8, 4) is 0 Å². The zero-order valence-corrected chi connectivity index (χ0v) is 12.7. The van der Waals surface area contributed by atoms with E-state index in [9.17, 15) is 9.59 Å². The Morgan fingerprint density at radius 2 is 1.65 bits per heavy atom. The molecule has 1 atom stereocenters. The Morgan fingerprint density at radius 3 is 2.35 bits per heavy atom. The van der Waals surface area contributed by atoms with Crippen LogP contribution in [0, 0.1) is 0 Å². The molecule has 0 saturated heterocycles. The van der Waals surface area contributed by atoms with Crippen molar-refractivity contribution in [3.05, 3.63) is 71.3 Å². The average molecular weight is 309 g/mol. The smallest absolute Gasteiger partial charge is 0.318 e. The molecule has 5 heteroatoms. The maximum Gasteiger partial charge on any atom is 0.318 e. The number of fused-ring (bicyclic) bond motifs is 1. The maximum absolute atomic E-state index is 12.5. The molecular weight excluding hydrogens is 290 g/mol. The van der Waals surface area contributed by atoms with Crippen molar-refractivity contribution in [1.82, 2.24) is 10.2 Å². The number of nitrogens with zero attached hydrogens (tertiary/aromatic N) is 1. The number of primary amides is 1. The first-order valence-electron chi connectivity index (χ1n) is 7.61. The Hall–Kier alpha value is -2.66. The number of nitrogens with one attached hydrogen (secondary N) is 1. The molecule has 1 heterocycles. The molecule has 1 aliphatic rings. The van der Waals surface area contributed by atoms with Crippen LogP contribution in [-0.2, 0) is 17.8 Å². The zero-order chi connectivity index (χ0) is 16.2. The van der Waals surface area contributed by atoms with Crippen molar-refractivity contribution < 1.29 is 9.59 Å². The van der Waals surface area contributed by atoms with Gasteiger partial charge in [0.15, 0.2) is 0 Å². The van der Waals surface area contributed by atoms with Gasteiger partial charge in [-0.25, -0.2) is 4.79 Å². The van der Waals surface area contributed by atoms with Crippen LogP contribution < -0.4 is 11.1 Å². The predicted molar refractivity (Wildman–Crippen MR) is 87.5 cm³/mol. The van der Waals surface area contributed by atoms with Crippen LogP contribution in [0.2, 0.25) is 0 Å². The highest BCUT2D eigenvalue weighted by molar-refractivity contribution is 5.96. The lowest BCUT2D eigenvalue weighted by Gasteiger charge is -2.34. The summed E-state index contributed by atoms with van der Waals surface area (Å²) in [7, 11) is 0. The van der Waals surface area contributed by atoms with Crippen LogP contribution in [0.3, 0.4) is 0 Å². The number of carbonyl (C=O) groups excluding carboxylic acids is 2. The molecule has 3 N–H and O–H groups in total. The second kappa shape index (κ2) is 6.62. The molecule has 0 aliphatic carbocycles. The highest BCUT2D eigenvalue weighted by atomic mass is 16.2. The summed E-state index contributed by atoms with van der Waals surface area (Å²) in [5, 5.41) is 2.22. The minimum atomic E-state index is -0.826. The van der Waals surface area contributed by atoms with Gasteiger partial charge in [0.25, 0.3) is 0 Å². The minimum absolute atomic E-state index is 0.386. The lowest BCUT2D eigenvalue weighted by molar-refractivity contribution is -0.126. The van der Waals surface area contributed by atoms with E-state index in [1.165, 1.54) is 11.1 Å². The largest absolute Gasteiger partial charge is 0.351 e. The number of hydrogen-bond acceptors (Lipinski definition) is 3. The molecular formula is C18H19N3O2. The normalized spacial score (nSPS) is 15.5. The van der Waals surface area contributed by atoms with Gasteiger partial charge in [-0.3, -0.25) is 15.0 Å². The van der Waals surface area contributed by atoms with E-state index >= 15 is 0 Å². The molecule has 0 aromatic heterocycles. The number of benzene rings is 2. The predicted octanol–water partition coefficient (Wildman–Crippen LogP) is 1.98. The molecule has 2 aromatic rings. The van der Waals surface area contributed by atoms with Gasteiger partial charge in [-0.1, -0.05) is 54.6 Å². The molecule has 2 aromatic carbocycles. The highest BCUT2D eigenvalue weighted by Crippen LogP contribution is 2.28. The average Bonchev–Trinajstić information content (AvgIpc) is 2.55. The van der Waals surface area contributed by atoms with E-state index in [4.69, 9.17) is 5.73 Å². The van der Waals surface area contributed by atoms with Crippen LogP contribution in [0.1, 0.15) is 22.7 Å². The fourth-order valence-corrected chi connectivity index (χ4v) is 3.09. The molecule has 0 bridgehead atoms. The summed E-state index contributed by atoms with van der Waals surface area (Å²) >= 11 is 0. The number of imide groups is 1. The van der Waals surface area contributed by atoms with E-state index in [1.807, 2.05) is 42.5 Å². The molecule has 5 nitrogen and oxygen atoms in total. The Balaban J connectivity index is 1.90. The third-order valence-electron chi connectivity index (χ3n) is 4.14. The molecule has 0 unspecified atom stereocenters. The van der Waals surface area contributed by atoms with Gasteiger partial charge in [0.2, 0.25) is 5.91 Å². The summed E-state index contributed by atoms with van der Waals surface area (Å²) < 4.78 is 0. The SMILES string of the molecule is NC(=O)NC(=O)[C@H](c1ccccc1)N1CCc2ccccc2C1. The fraction of sp³-hybridized carbons (Fsp3) is 0.222. The summed E-state index contributed by atoms with van der Waals surface area (Å²) in [6, 6.07) is 16.3. The van der Waals surface area contributed by atoms with Gasteiger partial charge in [0.1, 0.15) is 6.04 Å². The molecule has 0 fully saturated rings. The summed E-state index contributed by atoms with van der Waals surface area (Å²) in [5.41, 5.74) is 8.50. The van der Waals surface area contributed by atoms with Gasteiger partial charge in [-0.15, -0.1) is 0 Å². The first-order chi connectivity index (χ1) is 11.1. The summed E-state index contributed by atoms with van der Waals surface area (Å²) in [5.74, 6) is -0.386. The Kier molecular flexibility index (Phi) is 4.39. The Labute approximate surface area is 135 Å². The van der Waals surface area contributed by atoms with Gasteiger partial charge in [0, 0.05) is 13.1 Å². The zero-order valence-electron chi connectivity index (χ0n) is 12.7. The lowest BCUT2D eigenvalue weighted by atomic mass is 9.96. The molecule has 118 valence electrons. The maximum atomic E-state index is 12.5. The van der Waals surface area contributed by atoms with E-state index in [0.29, 0.717) is 6.54 Å². The van der Waals surface area contributed by atoms with E-state index in [0.717, 1.165) is 18.5 Å². The molecule has 3 rings (SSSR count). The molecule has 1 aliphatic heterocycles. The summed E-state index contributed by atoms with van der Waals surface area (Å²) in [6.45, 7) is 1.42. The number of carbonyl (C=O) groups is 2. The molecule has 0 saturated carbocycles. The molecule has 3 amide bonds. The highest BCUT2D eigenvalue weighted by Gasteiger charge is 2.30. The molecule has 23 heavy (non-hydrogen) atoms. The molecule has 0 radical (unpaired) electrons. The lowest BCUT2D eigenvalue weighted by Crippen LogP contribution is -2.46. The number of amides is 3. The number of nitrogens with two attached hydrogens (primary N) is 1. The first-order valence-corrected chi connectivity index (χ1v) is 7.61. The van der Waals surface area contributed by atoms with Crippen LogP contribution >= 0.6 is 0 Å². The van der Waals surface area contributed by atoms with Gasteiger partial charge in [-0.2, -0.15) is 0 Å². The van der Waals surface area contributed by atoms with Crippen molar-refractivity contribution in [1.29, 1.82) is 0 Å². The summed E-state index contributed by atoms with van der Waals surface area (Å²) in [6.07, 6.45) is 0.878. The van der Waals surface area contributed by atoms with Gasteiger partial charge < -0.3 is 5.73 Å². The monoisotopic (exact) mass is 309 g/mol. The van der Waals surface area contributed by atoms with Crippen molar-refractivity contribution in [3.63, 3.8) is 0 Å². The van der Waals surface area contributed by atoms with Crippen LogP contribution in [0.15, 0.2) is 54.6 Å². The third kappa shape index (κ3) is 3.40. The van der Waals surface area contributed by atoms with Crippen molar-refractivity contribution in [2.24, 2.45) is 5.73 Å². The number of rotatable bonds is 3. The molecule has 0 spiro atoms. The van der Waals surface area contributed by atoms with Gasteiger partial charge >= 0.3 is 6.03 Å². The number of hydrogen-bond donors (Lipinski definition) is 2. The second-order valence-corrected chi connectivity index (χ2v) is 5.66. The Morgan fingerprint density at radius 1 is 1.00 bits per heavy atom. The summed E-state index contributed by atoms with van der Waals surface area (Å²) in [4.78, 5) is 25.7. The van der Waals surface area contributed by atoms with Gasteiger partial charge in [-0.05, 0) is 23.1 Å². The van der Waals surface area contributed by atoms with Crippen molar-refractivity contribution in [2.45, 2.75) is 19.0 Å². The van der Waals surface area contributed by atoms with Crippen molar-refractivity contribution in [2.75, 3.05) is 6.54 Å². The quantitative estimate of drug-likeness (QED) is 0.910. The van der Waals surface area contributed by atoms with E-state index < -0.39 is 12.1 Å². The Bertz CT molecular complexity index is 715. The van der Waals surface area contributed by atoms with Crippen molar-refractivity contribution >= 4 is 11.9 Å². The second-order valence-electron chi connectivity index (χ2n) is 5.66. The van der Waals surface area contributed by atoms with Crippen LogP contribution in [0.4, 0.5) is 4.79 Å². The van der Waals surface area contributed by atoms with E-state index in [1.54, 1.807) is 0 Å². The van der Waals surface area contributed by atoms with Crippen LogP contribution in [-0.4, -0.2) is 23.4 Å². The topological polar surface area (TPSA) is 75.4 Å². The first kappa shape index (κ1) is 15.2. The third-order valence-corrected chi connectivity index (χ3v) is 4.14. The van der Waals surface area contributed by atoms with Crippen LogP contribution in [0.5, 0.6) is 0 Å². The van der Waals surface area contributed by atoms with Gasteiger partial charge in [0.05, 0.1) is 0 Å².